The van der Waals surface area contributed by atoms with Crippen molar-refractivity contribution in [3.63, 3.8) is 0 Å². The van der Waals surface area contributed by atoms with Gasteiger partial charge in [0.1, 0.15) is 30.5 Å². The van der Waals surface area contributed by atoms with Crippen LogP contribution >= 0.6 is 0 Å². The Balaban J connectivity index is 1.23. The number of imidazole rings is 2. The van der Waals surface area contributed by atoms with Crippen LogP contribution < -0.4 is 10.1 Å². The Morgan fingerprint density at radius 1 is 0.962 bits per heavy atom. The van der Waals surface area contributed by atoms with Gasteiger partial charge >= 0.3 is 6.09 Å². The highest BCUT2D eigenvalue weighted by molar-refractivity contribution is 6.07. The number of methoxy groups -OCH3 is 1. The van der Waals surface area contributed by atoms with E-state index in [9.17, 15) is 14.4 Å². The van der Waals surface area contributed by atoms with Crippen molar-refractivity contribution in [2.45, 2.75) is 86.0 Å². The van der Waals surface area contributed by atoms with E-state index in [4.69, 9.17) is 9.72 Å². The third-order valence-electron chi connectivity index (χ3n) is 9.68. The van der Waals surface area contributed by atoms with Gasteiger partial charge in [0, 0.05) is 30.0 Å². The molecule has 0 aliphatic carbocycles. The molecule has 3 heterocycles. The van der Waals surface area contributed by atoms with Gasteiger partial charge in [-0.05, 0) is 71.5 Å². The molecule has 2 aromatic heterocycles. The first-order valence-electron chi connectivity index (χ1n) is 18.3. The molecule has 12 heteroatoms. The molecular weight excluding hydrogens is 658 g/mol. The van der Waals surface area contributed by atoms with Crippen molar-refractivity contribution < 1.29 is 23.9 Å². The largest absolute Gasteiger partial charge is 0.488 e. The number of aromatic amines is 2. The molecular formula is C40H49N7O5. The number of hydrogen-bond acceptors (Lipinski definition) is 7. The Labute approximate surface area is 304 Å². The summed E-state index contributed by atoms with van der Waals surface area (Å²) >= 11 is 0. The molecule has 274 valence electrons. The molecule has 3 amide bonds. The number of nitrogens with one attached hydrogen (secondary N) is 3. The van der Waals surface area contributed by atoms with Crippen LogP contribution in [0.4, 0.5) is 4.79 Å². The summed E-state index contributed by atoms with van der Waals surface area (Å²) in [6, 6.07) is 14.7. The van der Waals surface area contributed by atoms with Gasteiger partial charge in [-0.3, -0.25) is 9.59 Å². The van der Waals surface area contributed by atoms with Gasteiger partial charge in [-0.1, -0.05) is 52.8 Å². The van der Waals surface area contributed by atoms with E-state index in [0.29, 0.717) is 44.4 Å². The summed E-state index contributed by atoms with van der Waals surface area (Å²) in [5, 5.41) is 4.59. The van der Waals surface area contributed by atoms with Crippen LogP contribution in [0, 0.1) is 5.92 Å². The van der Waals surface area contributed by atoms with Crippen molar-refractivity contribution in [2.24, 2.45) is 5.92 Å². The summed E-state index contributed by atoms with van der Waals surface area (Å²) in [6.07, 6.45) is 4.05. The summed E-state index contributed by atoms with van der Waals surface area (Å²) in [7, 11) is 1.27. The minimum atomic E-state index is -0.643. The van der Waals surface area contributed by atoms with E-state index < -0.39 is 6.09 Å². The minimum absolute atomic E-state index is 0.00487. The fourth-order valence-electron chi connectivity index (χ4n) is 7.06. The van der Waals surface area contributed by atoms with E-state index in [-0.39, 0.29) is 24.4 Å². The Morgan fingerprint density at radius 2 is 1.77 bits per heavy atom. The van der Waals surface area contributed by atoms with Crippen molar-refractivity contribution in [1.29, 1.82) is 0 Å². The van der Waals surface area contributed by atoms with E-state index in [2.05, 4.69) is 75.3 Å². The number of nitrogens with zero attached hydrogens (tertiary/aromatic N) is 4. The van der Waals surface area contributed by atoms with Crippen LogP contribution in [0.2, 0.25) is 0 Å². The fourth-order valence-corrected chi connectivity index (χ4v) is 7.06. The van der Waals surface area contributed by atoms with Crippen LogP contribution in [0.3, 0.4) is 0 Å². The molecule has 12 nitrogen and oxygen atoms in total. The summed E-state index contributed by atoms with van der Waals surface area (Å²) in [4.78, 5) is 57.6. The first kappa shape index (κ1) is 36.4. The number of fused-ring (bicyclic) bond motifs is 6. The Hall–Kier alpha value is -5.39. The van der Waals surface area contributed by atoms with Crippen LogP contribution in [-0.4, -0.2) is 73.9 Å². The molecule has 1 aliphatic rings. The van der Waals surface area contributed by atoms with Crippen LogP contribution in [0.5, 0.6) is 5.75 Å². The molecule has 0 radical (unpaired) electrons. The van der Waals surface area contributed by atoms with E-state index in [0.717, 1.165) is 80.6 Å². The molecule has 6 rings (SSSR count). The monoisotopic (exact) mass is 707 g/mol. The number of carbonyl (C=O) groups is 3. The van der Waals surface area contributed by atoms with Gasteiger partial charge in [-0.2, -0.15) is 0 Å². The topological polar surface area (TPSA) is 146 Å². The van der Waals surface area contributed by atoms with Crippen LogP contribution in [0.25, 0.3) is 44.2 Å². The highest BCUT2D eigenvalue weighted by Gasteiger charge is 2.25. The normalized spacial score (nSPS) is 12.2. The second-order valence-electron chi connectivity index (χ2n) is 13.9. The predicted octanol–water partition coefficient (Wildman–Crippen LogP) is 7.32. The minimum Gasteiger partial charge on any atom is -0.488 e. The number of amides is 3. The van der Waals surface area contributed by atoms with Gasteiger partial charge in [0.2, 0.25) is 11.8 Å². The Morgan fingerprint density at radius 3 is 2.50 bits per heavy atom. The average Bonchev–Trinajstić information content (AvgIpc) is 3.79. The molecule has 0 saturated carbocycles. The molecule has 5 aromatic rings. The average molecular weight is 708 g/mol. The van der Waals surface area contributed by atoms with Crippen molar-refractivity contribution >= 4 is 39.7 Å². The molecule has 1 aliphatic heterocycles. The molecule has 0 spiro atoms. The third kappa shape index (κ3) is 7.75. The number of benzene rings is 3. The molecule has 52 heavy (non-hydrogen) atoms. The van der Waals surface area contributed by atoms with E-state index >= 15 is 0 Å². The number of alkyl carbamates (subject to hydrolysis) is 1. The number of hydrogen-bond donors (Lipinski definition) is 3. The van der Waals surface area contributed by atoms with Crippen molar-refractivity contribution in [1.82, 2.24) is 35.1 Å². The summed E-state index contributed by atoms with van der Waals surface area (Å²) < 4.78 is 11.0. The zero-order valence-corrected chi connectivity index (χ0v) is 31.0. The third-order valence-corrected chi connectivity index (χ3v) is 9.68. The second-order valence-corrected chi connectivity index (χ2v) is 13.9. The van der Waals surface area contributed by atoms with Gasteiger partial charge in [-0.25, -0.2) is 14.8 Å². The number of ether oxygens (including phenoxy) is 2. The molecule has 0 saturated heterocycles. The summed E-state index contributed by atoms with van der Waals surface area (Å²) in [5.74, 6) is 2.56. The first-order valence-corrected chi connectivity index (χ1v) is 18.3. The van der Waals surface area contributed by atoms with Crippen molar-refractivity contribution in [3.05, 3.63) is 65.9 Å². The summed E-state index contributed by atoms with van der Waals surface area (Å²) in [6.45, 7) is 12.1. The number of aromatic nitrogens is 4. The maximum Gasteiger partial charge on any atom is 0.407 e. The van der Waals surface area contributed by atoms with Crippen molar-refractivity contribution in [2.75, 3.05) is 20.2 Å². The molecule has 3 N–H and O–H groups in total. The highest BCUT2D eigenvalue weighted by atomic mass is 16.5. The van der Waals surface area contributed by atoms with Crippen LogP contribution in [-0.2, 0) is 34.0 Å². The quantitative estimate of drug-likeness (QED) is 0.110. The lowest BCUT2D eigenvalue weighted by Gasteiger charge is -2.30. The van der Waals surface area contributed by atoms with Gasteiger partial charge in [0.05, 0.1) is 43.1 Å². The number of carbonyl (C=O) groups excluding carboxylic acids is 3. The van der Waals surface area contributed by atoms with Crippen LogP contribution in [0.1, 0.15) is 77.5 Å². The smallest absolute Gasteiger partial charge is 0.407 e. The standard InChI is InChI=1S/C40H49N7O5/c1-7-10-37(48)46(20-24(4)5)21-36-43-32-14-12-25-16-31-29-13-11-26(15-27(29)23-52-34(31)17-30(25)39(32)45-36)33-18-41-35(44-33)22-47(28(8-2)9-3)38(49)19-42-40(50)51-6/h11-18,24,28H,7-10,19-23H2,1-6H3,(H,41,44)(H,42,50)(H,43,45). The Bertz CT molecular complexity index is 2080. The summed E-state index contributed by atoms with van der Waals surface area (Å²) in [5.41, 5.74) is 6.81. The Kier molecular flexibility index (Phi) is 11.1. The predicted molar refractivity (Wildman–Crippen MR) is 201 cm³/mol. The maximum absolute atomic E-state index is 13.1. The lowest BCUT2D eigenvalue weighted by molar-refractivity contribution is -0.133. The maximum atomic E-state index is 13.1. The van der Waals surface area contributed by atoms with Crippen LogP contribution in [0.15, 0.2) is 48.7 Å². The number of rotatable bonds is 14. The van der Waals surface area contributed by atoms with Gasteiger partial charge < -0.3 is 34.6 Å². The molecule has 0 atom stereocenters. The van der Waals surface area contributed by atoms with Gasteiger partial charge in [-0.15, -0.1) is 0 Å². The van der Waals surface area contributed by atoms with E-state index in [1.165, 1.54) is 7.11 Å². The number of H-pyrrole nitrogens is 2. The lowest BCUT2D eigenvalue weighted by Crippen LogP contribution is -2.45. The molecule has 3 aromatic carbocycles. The fraction of sp³-hybridized carbons (Fsp3) is 0.425. The van der Waals surface area contributed by atoms with Gasteiger partial charge in [0.25, 0.3) is 0 Å². The molecule has 0 unspecified atom stereocenters. The van der Waals surface area contributed by atoms with E-state index in [1.807, 2.05) is 31.7 Å². The molecule has 0 fully saturated rings. The molecule has 0 bridgehead atoms. The highest BCUT2D eigenvalue weighted by Crippen LogP contribution is 2.42. The van der Waals surface area contributed by atoms with Crippen molar-refractivity contribution in [3.8, 4) is 28.1 Å². The first-order chi connectivity index (χ1) is 25.1. The zero-order chi connectivity index (χ0) is 36.9. The lowest BCUT2D eigenvalue weighted by atomic mass is 9.92. The zero-order valence-electron chi connectivity index (χ0n) is 31.0. The van der Waals surface area contributed by atoms with E-state index in [1.54, 1.807) is 11.1 Å². The SMILES string of the molecule is CCCC(=O)N(Cc1nc2ccc3cc4c(cc3c2[nH]1)OCc1cc(-c2cnc(CN(C(=O)CNC(=O)OC)C(CC)CC)[nH]2)ccc1-4)CC(C)C. The van der Waals surface area contributed by atoms with Gasteiger partial charge in [0.15, 0.2) is 0 Å². The second kappa shape index (κ2) is 15.9.